The number of halogens is 3. The average Bonchev–Trinajstić information content (AvgIpc) is 2.69. The van der Waals surface area contributed by atoms with Gasteiger partial charge in [-0.3, -0.25) is 0 Å². The summed E-state index contributed by atoms with van der Waals surface area (Å²) in [6, 6.07) is 3.44. The van der Waals surface area contributed by atoms with Gasteiger partial charge in [-0.1, -0.05) is 11.2 Å². The molecule has 0 saturated carbocycles. The van der Waals surface area contributed by atoms with E-state index in [2.05, 4.69) is 9.88 Å². The highest BCUT2D eigenvalue weighted by Crippen LogP contribution is 2.31. The van der Waals surface area contributed by atoms with Crippen molar-refractivity contribution in [2.75, 3.05) is 4.72 Å². The fourth-order valence-corrected chi connectivity index (χ4v) is 2.62. The average molecular weight is 320 g/mol. The van der Waals surface area contributed by atoms with E-state index in [0.717, 1.165) is 18.2 Å². The zero-order valence-electron chi connectivity index (χ0n) is 11.0. The number of sulfonamides is 1. The van der Waals surface area contributed by atoms with Crippen LogP contribution in [-0.4, -0.2) is 13.6 Å². The molecule has 0 radical (unpaired) electrons. The predicted octanol–water partition coefficient (Wildman–Crippen LogP) is 3.11. The predicted molar refractivity (Wildman–Crippen MR) is 68.2 cm³/mol. The van der Waals surface area contributed by atoms with Gasteiger partial charge in [0.2, 0.25) is 5.88 Å². The van der Waals surface area contributed by atoms with Crippen LogP contribution in [0.3, 0.4) is 0 Å². The first-order chi connectivity index (χ1) is 9.61. The first kappa shape index (κ1) is 15.4. The summed E-state index contributed by atoms with van der Waals surface area (Å²) in [4.78, 5) is -0.509. The smallest absolute Gasteiger partial charge is 0.337 e. The molecule has 1 N–H and O–H groups in total. The van der Waals surface area contributed by atoms with Crippen molar-refractivity contribution in [3.8, 4) is 0 Å². The molecule has 0 atom stereocenters. The summed E-state index contributed by atoms with van der Waals surface area (Å²) in [7, 11) is -4.19. The van der Waals surface area contributed by atoms with Crippen LogP contribution in [0.2, 0.25) is 0 Å². The Morgan fingerprint density at radius 2 is 1.90 bits per heavy atom. The Morgan fingerprint density at radius 3 is 2.43 bits per heavy atom. The molecule has 21 heavy (non-hydrogen) atoms. The van der Waals surface area contributed by atoms with Gasteiger partial charge in [-0.2, -0.15) is 13.2 Å². The number of hydrogen-bond acceptors (Lipinski definition) is 4. The molecule has 1 heterocycles. The van der Waals surface area contributed by atoms with E-state index in [1.54, 1.807) is 13.8 Å². The van der Waals surface area contributed by atoms with Gasteiger partial charge in [0, 0.05) is 5.56 Å². The van der Waals surface area contributed by atoms with Crippen LogP contribution in [0, 0.1) is 13.8 Å². The Morgan fingerprint density at radius 1 is 1.24 bits per heavy atom. The highest BCUT2D eigenvalue weighted by atomic mass is 32.2. The molecule has 1 aromatic carbocycles. The summed E-state index contributed by atoms with van der Waals surface area (Å²) >= 11 is 0. The lowest BCUT2D eigenvalue weighted by Gasteiger charge is -2.09. The quantitative estimate of drug-likeness (QED) is 0.943. The molecule has 5 nitrogen and oxygen atoms in total. The fraction of sp³-hybridized carbons (Fsp3) is 0.250. The van der Waals surface area contributed by atoms with Gasteiger partial charge in [0.15, 0.2) is 0 Å². The molecule has 0 fully saturated rings. The second-order valence-corrected chi connectivity index (χ2v) is 6.04. The van der Waals surface area contributed by atoms with Gasteiger partial charge in [0.25, 0.3) is 10.0 Å². The van der Waals surface area contributed by atoms with E-state index in [0.29, 0.717) is 17.3 Å². The zero-order chi connectivity index (χ0) is 15.8. The molecule has 2 rings (SSSR count). The number of rotatable bonds is 3. The minimum absolute atomic E-state index is 0.120. The molecule has 0 spiro atoms. The van der Waals surface area contributed by atoms with Gasteiger partial charge in [-0.05, 0) is 32.0 Å². The molecule has 0 aliphatic heterocycles. The van der Waals surface area contributed by atoms with Crippen molar-refractivity contribution in [2.24, 2.45) is 0 Å². The van der Waals surface area contributed by atoms with Gasteiger partial charge in [-0.15, -0.1) is 0 Å². The van der Waals surface area contributed by atoms with E-state index in [1.165, 1.54) is 0 Å². The summed E-state index contributed by atoms with van der Waals surface area (Å²) in [5, 5.41) is 3.57. The summed E-state index contributed by atoms with van der Waals surface area (Å²) in [6.45, 7) is 3.19. The van der Waals surface area contributed by atoms with Crippen molar-refractivity contribution in [3.63, 3.8) is 0 Å². The third-order valence-corrected chi connectivity index (χ3v) is 4.18. The Balaban J connectivity index is 2.38. The number of alkyl halides is 3. The topological polar surface area (TPSA) is 72.2 Å². The van der Waals surface area contributed by atoms with Crippen LogP contribution < -0.4 is 4.72 Å². The summed E-state index contributed by atoms with van der Waals surface area (Å²) in [5.41, 5.74) is -0.0989. The maximum absolute atomic E-state index is 12.6. The Bertz CT molecular complexity index is 766. The standard InChI is InChI=1S/C12H11F3N2O3S/c1-7-8(2)16-20-11(7)17-21(18,19)10-5-3-4-9(6-10)12(13,14)15/h3-6,17H,1-2H3. The Kier molecular flexibility index (Phi) is 3.70. The van der Waals surface area contributed by atoms with E-state index < -0.39 is 26.7 Å². The molecule has 0 unspecified atom stereocenters. The van der Waals surface area contributed by atoms with Crippen molar-refractivity contribution >= 4 is 15.9 Å². The van der Waals surface area contributed by atoms with Crippen molar-refractivity contribution in [1.29, 1.82) is 0 Å². The first-order valence-electron chi connectivity index (χ1n) is 5.74. The van der Waals surface area contributed by atoms with E-state index >= 15 is 0 Å². The molecule has 0 aliphatic rings. The van der Waals surface area contributed by atoms with Gasteiger partial charge >= 0.3 is 6.18 Å². The lowest BCUT2D eigenvalue weighted by Crippen LogP contribution is -2.14. The van der Waals surface area contributed by atoms with E-state index in [4.69, 9.17) is 4.52 Å². The highest BCUT2D eigenvalue weighted by molar-refractivity contribution is 7.92. The Labute approximate surface area is 118 Å². The molecular weight excluding hydrogens is 309 g/mol. The molecule has 2 aromatic rings. The van der Waals surface area contributed by atoms with Gasteiger partial charge in [-0.25, -0.2) is 13.1 Å². The van der Waals surface area contributed by atoms with Crippen LogP contribution in [0.15, 0.2) is 33.7 Å². The third kappa shape index (κ3) is 3.18. The molecule has 0 bridgehead atoms. The molecular formula is C12H11F3N2O3S. The number of nitrogens with one attached hydrogen (secondary N) is 1. The fourth-order valence-electron chi connectivity index (χ4n) is 1.53. The zero-order valence-corrected chi connectivity index (χ0v) is 11.8. The summed E-state index contributed by atoms with van der Waals surface area (Å²) in [6.07, 6.45) is -4.62. The first-order valence-corrected chi connectivity index (χ1v) is 7.22. The molecule has 0 saturated heterocycles. The van der Waals surface area contributed by atoms with Crippen LogP contribution in [0.5, 0.6) is 0 Å². The summed E-state index contributed by atoms with van der Waals surface area (Å²) in [5.74, 6) is -0.120. The molecule has 0 amide bonds. The molecule has 0 aliphatic carbocycles. The largest absolute Gasteiger partial charge is 0.416 e. The summed E-state index contributed by atoms with van der Waals surface area (Å²) < 4.78 is 68.8. The van der Waals surface area contributed by atoms with Crippen LogP contribution in [-0.2, 0) is 16.2 Å². The minimum Gasteiger partial charge on any atom is -0.337 e. The number of aryl methyl sites for hydroxylation is 1. The lowest BCUT2D eigenvalue weighted by atomic mass is 10.2. The number of anilines is 1. The van der Waals surface area contributed by atoms with E-state index in [9.17, 15) is 21.6 Å². The maximum Gasteiger partial charge on any atom is 0.416 e. The Hall–Kier alpha value is -2.03. The second-order valence-electron chi connectivity index (χ2n) is 4.35. The van der Waals surface area contributed by atoms with Crippen LogP contribution in [0.4, 0.5) is 19.1 Å². The second kappa shape index (κ2) is 5.06. The van der Waals surface area contributed by atoms with E-state index in [1.807, 2.05) is 0 Å². The number of nitrogens with zero attached hydrogens (tertiary/aromatic N) is 1. The normalized spacial score (nSPS) is 12.4. The SMILES string of the molecule is Cc1noc(NS(=O)(=O)c2cccc(C(F)(F)F)c2)c1C. The number of aromatic nitrogens is 1. The van der Waals surface area contributed by atoms with Crippen LogP contribution >= 0.6 is 0 Å². The number of hydrogen-bond donors (Lipinski definition) is 1. The van der Waals surface area contributed by atoms with E-state index in [-0.39, 0.29) is 5.88 Å². The highest BCUT2D eigenvalue weighted by Gasteiger charge is 2.32. The van der Waals surface area contributed by atoms with Crippen molar-refractivity contribution < 1.29 is 26.1 Å². The van der Waals surface area contributed by atoms with Gasteiger partial charge < -0.3 is 4.52 Å². The van der Waals surface area contributed by atoms with Gasteiger partial charge in [0.05, 0.1) is 16.2 Å². The minimum atomic E-state index is -4.62. The maximum atomic E-state index is 12.6. The number of benzene rings is 1. The van der Waals surface area contributed by atoms with Crippen LogP contribution in [0.25, 0.3) is 0 Å². The molecule has 114 valence electrons. The lowest BCUT2D eigenvalue weighted by molar-refractivity contribution is -0.137. The molecule has 9 heteroatoms. The van der Waals surface area contributed by atoms with Crippen molar-refractivity contribution in [1.82, 2.24) is 5.16 Å². The van der Waals surface area contributed by atoms with Crippen molar-refractivity contribution in [2.45, 2.75) is 24.9 Å². The van der Waals surface area contributed by atoms with Gasteiger partial charge in [0.1, 0.15) is 0 Å². The van der Waals surface area contributed by atoms with Crippen LogP contribution in [0.1, 0.15) is 16.8 Å². The molecule has 1 aromatic heterocycles. The third-order valence-electron chi connectivity index (χ3n) is 2.86. The monoisotopic (exact) mass is 320 g/mol. The van der Waals surface area contributed by atoms with Crippen molar-refractivity contribution in [3.05, 3.63) is 41.1 Å².